The Morgan fingerprint density at radius 2 is 1.76 bits per heavy atom. The first kappa shape index (κ1) is 18.4. The number of fused-ring (bicyclic) bond motifs is 2. The van der Waals surface area contributed by atoms with Crippen LogP contribution in [0.25, 0.3) is 0 Å². The van der Waals surface area contributed by atoms with Crippen LogP contribution in [0.15, 0.2) is 48.5 Å². The molecule has 0 unspecified atom stereocenters. The van der Waals surface area contributed by atoms with Crippen LogP contribution in [0, 0.1) is 11.8 Å². The van der Waals surface area contributed by atoms with Gasteiger partial charge in [0.05, 0.1) is 5.56 Å². The second-order valence-corrected chi connectivity index (χ2v) is 8.73. The lowest BCUT2D eigenvalue weighted by molar-refractivity contribution is 0.0251. The Kier molecular flexibility index (Phi) is 4.86. The van der Waals surface area contributed by atoms with E-state index in [4.69, 9.17) is 4.74 Å². The van der Waals surface area contributed by atoms with E-state index in [0.717, 1.165) is 36.6 Å². The molecular formula is C25H27NO3. The maximum Gasteiger partial charge on any atom is 0.339 e. The summed E-state index contributed by atoms with van der Waals surface area (Å²) >= 11 is 0. The van der Waals surface area contributed by atoms with Crippen molar-refractivity contribution in [2.45, 2.75) is 44.6 Å². The summed E-state index contributed by atoms with van der Waals surface area (Å²) in [6, 6.07) is 15.3. The van der Waals surface area contributed by atoms with Gasteiger partial charge in [-0.25, -0.2) is 4.79 Å². The van der Waals surface area contributed by atoms with Crippen LogP contribution in [0.4, 0.5) is 0 Å². The number of hydrogen-bond acceptors (Lipinski definition) is 3. The van der Waals surface area contributed by atoms with Crippen molar-refractivity contribution in [2.24, 2.45) is 11.8 Å². The number of ether oxygens (including phenoxy) is 1. The highest BCUT2D eigenvalue weighted by atomic mass is 16.5. The zero-order valence-electron chi connectivity index (χ0n) is 16.7. The van der Waals surface area contributed by atoms with Gasteiger partial charge in [-0.05, 0) is 54.0 Å². The lowest BCUT2D eigenvalue weighted by Crippen LogP contribution is -2.44. The summed E-state index contributed by atoms with van der Waals surface area (Å²) in [5.41, 5.74) is 3.18. The number of rotatable bonds is 2. The second-order valence-electron chi connectivity index (χ2n) is 8.73. The topological polar surface area (TPSA) is 46.6 Å². The van der Waals surface area contributed by atoms with Crippen LogP contribution in [-0.2, 0) is 11.2 Å². The van der Waals surface area contributed by atoms with Crippen molar-refractivity contribution >= 4 is 11.9 Å². The molecule has 3 atom stereocenters. The number of likely N-dealkylation sites (tertiary alicyclic amines) is 1. The summed E-state index contributed by atoms with van der Waals surface area (Å²) in [5, 5.41) is 0. The van der Waals surface area contributed by atoms with E-state index in [0.29, 0.717) is 23.5 Å². The quantitative estimate of drug-likeness (QED) is 0.694. The Morgan fingerprint density at radius 3 is 2.59 bits per heavy atom. The van der Waals surface area contributed by atoms with Crippen LogP contribution in [-0.4, -0.2) is 29.9 Å². The molecule has 3 aliphatic rings. The van der Waals surface area contributed by atoms with Crippen molar-refractivity contribution in [3.05, 3.63) is 70.8 Å². The molecule has 0 aromatic heterocycles. The van der Waals surface area contributed by atoms with E-state index < -0.39 is 0 Å². The summed E-state index contributed by atoms with van der Waals surface area (Å²) in [7, 11) is 0. The smallest absolute Gasteiger partial charge is 0.339 e. The van der Waals surface area contributed by atoms with Gasteiger partial charge >= 0.3 is 5.97 Å². The molecule has 0 N–H and O–H groups in total. The van der Waals surface area contributed by atoms with Crippen LogP contribution >= 0.6 is 0 Å². The minimum absolute atomic E-state index is 0.104. The van der Waals surface area contributed by atoms with E-state index in [2.05, 4.69) is 0 Å². The van der Waals surface area contributed by atoms with Gasteiger partial charge < -0.3 is 9.64 Å². The van der Waals surface area contributed by atoms with Gasteiger partial charge in [0.1, 0.15) is 6.10 Å². The molecule has 2 aliphatic heterocycles. The van der Waals surface area contributed by atoms with Gasteiger partial charge in [0.2, 0.25) is 0 Å². The summed E-state index contributed by atoms with van der Waals surface area (Å²) < 4.78 is 5.64. The standard InChI is InChI=1S/C25H27NO3/c27-24(26-13-12-17-6-4-5-9-20(17)16-26)19-10-11-22-21(14-19)15-23(29-25(22)28)18-7-2-1-3-8-18/h1-3,7-8,10-11,14,17,20,23H,4-6,9,12-13,15-16H2/t17-,20+,23-/m0/s1. The zero-order valence-corrected chi connectivity index (χ0v) is 16.7. The summed E-state index contributed by atoms with van der Waals surface area (Å²) in [4.78, 5) is 27.7. The predicted molar refractivity (Wildman–Crippen MR) is 111 cm³/mol. The van der Waals surface area contributed by atoms with Crippen molar-refractivity contribution in [2.75, 3.05) is 13.1 Å². The number of benzene rings is 2. The predicted octanol–water partition coefficient (Wildman–Crippen LogP) is 4.79. The van der Waals surface area contributed by atoms with E-state index in [1.54, 1.807) is 12.1 Å². The minimum Gasteiger partial charge on any atom is -0.454 e. The first-order chi connectivity index (χ1) is 14.2. The molecule has 1 saturated heterocycles. The number of carbonyl (C=O) groups excluding carboxylic acids is 2. The van der Waals surface area contributed by atoms with Gasteiger partial charge in [-0.2, -0.15) is 0 Å². The van der Waals surface area contributed by atoms with E-state index >= 15 is 0 Å². The van der Waals surface area contributed by atoms with Gasteiger partial charge in [0, 0.05) is 25.1 Å². The molecule has 1 aliphatic carbocycles. The van der Waals surface area contributed by atoms with Crippen LogP contribution in [0.3, 0.4) is 0 Å². The van der Waals surface area contributed by atoms with Gasteiger partial charge in [-0.15, -0.1) is 0 Å². The summed E-state index contributed by atoms with van der Waals surface area (Å²) in [6.45, 7) is 1.74. The fourth-order valence-electron chi connectivity index (χ4n) is 5.35. The van der Waals surface area contributed by atoms with E-state index in [9.17, 15) is 9.59 Å². The van der Waals surface area contributed by atoms with Crippen molar-refractivity contribution in [1.29, 1.82) is 0 Å². The number of esters is 1. The lowest BCUT2D eigenvalue weighted by atomic mass is 9.75. The molecule has 4 heteroatoms. The van der Waals surface area contributed by atoms with Crippen LogP contribution in [0.2, 0.25) is 0 Å². The molecule has 2 fully saturated rings. The lowest BCUT2D eigenvalue weighted by Gasteiger charge is -2.41. The van der Waals surface area contributed by atoms with E-state index in [1.165, 1.54) is 25.7 Å². The molecular weight excluding hydrogens is 362 g/mol. The molecule has 5 rings (SSSR count). The van der Waals surface area contributed by atoms with E-state index in [-0.39, 0.29) is 18.0 Å². The maximum atomic E-state index is 13.2. The van der Waals surface area contributed by atoms with Gasteiger partial charge in [-0.3, -0.25) is 4.79 Å². The highest BCUT2D eigenvalue weighted by Gasteiger charge is 2.34. The van der Waals surface area contributed by atoms with Crippen LogP contribution in [0.5, 0.6) is 0 Å². The fraction of sp³-hybridized carbons (Fsp3) is 0.440. The number of nitrogens with zero attached hydrogens (tertiary/aromatic N) is 1. The summed E-state index contributed by atoms with van der Waals surface area (Å²) in [6.07, 6.45) is 6.67. The summed E-state index contributed by atoms with van der Waals surface area (Å²) in [5.74, 6) is 1.27. The number of cyclic esters (lactones) is 1. The SMILES string of the molecule is O=C1O[C@H](c2ccccc2)Cc2cc(C(=O)N3CC[C@@H]4CCCC[C@@H]4C3)ccc21. The third kappa shape index (κ3) is 3.57. The maximum absolute atomic E-state index is 13.2. The van der Waals surface area contributed by atoms with Gasteiger partial charge in [-0.1, -0.05) is 49.6 Å². The highest BCUT2D eigenvalue weighted by molar-refractivity contribution is 5.97. The molecule has 0 spiro atoms. The van der Waals surface area contributed by atoms with Crippen molar-refractivity contribution < 1.29 is 14.3 Å². The van der Waals surface area contributed by atoms with Crippen molar-refractivity contribution in [1.82, 2.24) is 4.90 Å². The minimum atomic E-state index is -0.304. The first-order valence-corrected chi connectivity index (χ1v) is 10.9. The molecule has 4 nitrogen and oxygen atoms in total. The molecule has 29 heavy (non-hydrogen) atoms. The van der Waals surface area contributed by atoms with Crippen molar-refractivity contribution in [3.8, 4) is 0 Å². The second kappa shape index (κ2) is 7.66. The molecule has 2 aromatic carbocycles. The highest BCUT2D eigenvalue weighted by Crippen LogP contribution is 2.37. The number of hydrogen-bond donors (Lipinski definition) is 0. The monoisotopic (exact) mass is 389 g/mol. The Balaban J connectivity index is 1.36. The Bertz CT molecular complexity index is 923. The Hall–Kier alpha value is -2.62. The van der Waals surface area contributed by atoms with E-state index in [1.807, 2.05) is 41.3 Å². The Morgan fingerprint density at radius 1 is 0.966 bits per heavy atom. The molecule has 150 valence electrons. The normalized spacial score (nSPS) is 26.3. The molecule has 2 aromatic rings. The van der Waals surface area contributed by atoms with Gasteiger partial charge in [0.15, 0.2) is 0 Å². The molecule has 1 saturated carbocycles. The fourth-order valence-corrected chi connectivity index (χ4v) is 5.35. The largest absolute Gasteiger partial charge is 0.454 e. The Labute approximate surface area is 171 Å². The average molecular weight is 389 g/mol. The number of amides is 1. The molecule has 2 heterocycles. The number of carbonyl (C=O) groups is 2. The van der Waals surface area contributed by atoms with Crippen LogP contribution in [0.1, 0.15) is 70.1 Å². The molecule has 0 radical (unpaired) electrons. The van der Waals surface area contributed by atoms with Crippen molar-refractivity contribution in [3.63, 3.8) is 0 Å². The molecule has 0 bridgehead atoms. The molecule has 1 amide bonds. The average Bonchev–Trinajstić information content (AvgIpc) is 2.78. The third-order valence-corrected chi connectivity index (χ3v) is 6.98. The van der Waals surface area contributed by atoms with Gasteiger partial charge in [0.25, 0.3) is 5.91 Å². The third-order valence-electron chi connectivity index (χ3n) is 6.98. The first-order valence-electron chi connectivity index (χ1n) is 10.9. The number of piperidine rings is 1. The van der Waals surface area contributed by atoms with Crippen LogP contribution < -0.4 is 0 Å². The zero-order chi connectivity index (χ0) is 19.8.